The first-order chi connectivity index (χ1) is 15.5. The largest absolute Gasteiger partial charge is 0.507 e. The molecule has 0 radical (unpaired) electrons. The summed E-state index contributed by atoms with van der Waals surface area (Å²) in [5.74, 6) is -0.797. The molecule has 1 atom stereocenters. The van der Waals surface area contributed by atoms with Gasteiger partial charge in [0.15, 0.2) is 0 Å². The van der Waals surface area contributed by atoms with Gasteiger partial charge in [-0.15, -0.1) is 0 Å². The molecule has 0 aliphatic carbocycles. The number of likely N-dealkylation sites (N-methyl/N-ethyl adjacent to an activating group) is 1. The van der Waals surface area contributed by atoms with Gasteiger partial charge in [0.2, 0.25) is 0 Å². The highest BCUT2D eigenvalue weighted by Gasteiger charge is 2.45. The fourth-order valence-corrected chi connectivity index (χ4v) is 3.99. The molecular formula is C26H32N2O4. The van der Waals surface area contributed by atoms with Gasteiger partial charge in [-0.1, -0.05) is 63.2 Å². The first-order valence-electron chi connectivity index (χ1n) is 11.3. The van der Waals surface area contributed by atoms with E-state index in [4.69, 9.17) is 4.74 Å². The Kier molecular flexibility index (Phi) is 8.06. The molecule has 1 saturated heterocycles. The van der Waals surface area contributed by atoms with E-state index in [0.717, 1.165) is 25.1 Å². The van der Waals surface area contributed by atoms with Gasteiger partial charge in [-0.25, -0.2) is 0 Å². The van der Waals surface area contributed by atoms with Crippen LogP contribution in [-0.4, -0.2) is 59.4 Å². The van der Waals surface area contributed by atoms with Gasteiger partial charge in [0.05, 0.1) is 18.2 Å². The number of hydrogen-bond acceptors (Lipinski definition) is 5. The molecule has 6 nitrogen and oxygen atoms in total. The van der Waals surface area contributed by atoms with Crippen LogP contribution in [0.3, 0.4) is 0 Å². The van der Waals surface area contributed by atoms with E-state index in [1.807, 2.05) is 43.3 Å². The molecule has 6 heteroatoms. The third-order valence-electron chi connectivity index (χ3n) is 5.79. The molecule has 2 aromatic carbocycles. The number of ketones is 1. The third kappa shape index (κ3) is 5.02. The van der Waals surface area contributed by atoms with Gasteiger partial charge in [0.1, 0.15) is 11.5 Å². The summed E-state index contributed by atoms with van der Waals surface area (Å²) in [6.07, 6.45) is 0.863. The number of Topliss-reactive ketones (excluding diaryl/α,β-unsaturated/α-hetero) is 1. The minimum atomic E-state index is -0.657. The highest BCUT2D eigenvalue weighted by molar-refractivity contribution is 6.46. The number of benzene rings is 2. The number of aliphatic hydroxyl groups is 1. The normalized spacial score (nSPS) is 17.9. The molecule has 1 aliphatic rings. The van der Waals surface area contributed by atoms with Crippen LogP contribution in [0.15, 0.2) is 60.2 Å². The lowest BCUT2D eigenvalue weighted by molar-refractivity contribution is -0.140. The summed E-state index contributed by atoms with van der Waals surface area (Å²) in [4.78, 5) is 29.9. The Morgan fingerprint density at radius 1 is 1.03 bits per heavy atom. The predicted octanol–water partition coefficient (Wildman–Crippen LogP) is 4.24. The lowest BCUT2D eigenvalue weighted by atomic mass is 9.95. The molecule has 170 valence electrons. The molecular weight excluding hydrogens is 404 g/mol. The Balaban J connectivity index is 2.04. The summed E-state index contributed by atoms with van der Waals surface area (Å²) >= 11 is 0. The molecule has 1 fully saturated rings. The SMILES string of the molecule is CCCOc1cccc(/C(O)=C2/C(=O)C(=O)N(CCN(CC)CC)C2c2ccccc2)c1. The number of amides is 1. The van der Waals surface area contributed by atoms with Crippen LogP contribution in [0, 0.1) is 0 Å². The number of ether oxygens (including phenoxy) is 1. The van der Waals surface area contributed by atoms with E-state index in [2.05, 4.69) is 18.7 Å². The molecule has 0 saturated carbocycles. The van der Waals surface area contributed by atoms with Crippen molar-refractivity contribution in [2.75, 3.05) is 32.8 Å². The zero-order valence-corrected chi connectivity index (χ0v) is 19.1. The molecule has 3 rings (SSSR count). The van der Waals surface area contributed by atoms with Crippen molar-refractivity contribution in [3.05, 3.63) is 71.3 Å². The molecule has 1 heterocycles. The average molecular weight is 437 g/mol. The second-order valence-corrected chi connectivity index (χ2v) is 7.81. The fourth-order valence-electron chi connectivity index (χ4n) is 3.99. The standard InChI is InChI=1S/C26H32N2O4/c1-4-17-32-21-14-10-13-20(18-21)24(29)22-23(19-11-8-7-9-12-19)28(26(31)25(22)30)16-15-27(5-2)6-3/h7-14,18,23,29H,4-6,15-17H2,1-3H3/b24-22-. The van der Waals surface area contributed by atoms with Gasteiger partial charge in [-0.3, -0.25) is 9.59 Å². The smallest absolute Gasteiger partial charge is 0.295 e. The number of rotatable bonds is 10. The van der Waals surface area contributed by atoms with E-state index in [-0.39, 0.29) is 11.3 Å². The molecule has 0 spiro atoms. The molecule has 1 aliphatic heterocycles. The van der Waals surface area contributed by atoms with Crippen LogP contribution in [0.5, 0.6) is 5.75 Å². The average Bonchev–Trinajstić information content (AvgIpc) is 3.08. The number of nitrogens with zero attached hydrogens (tertiary/aromatic N) is 2. The van der Waals surface area contributed by atoms with E-state index in [0.29, 0.717) is 31.0 Å². The van der Waals surface area contributed by atoms with Crippen LogP contribution in [0.1, 0.15) is 44.4 Å². The van der Waals surface area contributed by atoms with Crippen LogP contribution in [0.25, 0.3) is 5.76 Å². The van der Waals surface area contributed by atoms with Crippen molar-refractivity contribution in [1.29, 1.82) is 0 Å². The Hall–Kier alpha value is -3.12. The Morgan fingerprint density at radius 3 is 2.41 bits per heavy atom. The van der Waals surface area contributed by atoms with Gasteiger partial charge in [0.25, 0.3) is 11.7 Å². The first kappa shape index (κ1) is 23.5. The Morgan fingerprint density at radius 2 is 1.75 bits per heavy atom. The second kappa shape index (κ2) is 11.0. The van der Waals surface area contributed by atoms with Crippen molar-refractivity contribution in [2.24, 2.45) is 0 Å². The van der Waals surface area contributed by atoms with Crippen LogP contribution in [-0.2, 0) is 9.59 Å². The van der Waals surface area contributed by atoms with E-state index in [9.17, 15) is 14.7 Å². The number of aliphatic hydroxyl groups excluding tert-OH is 1. The molecule has 1 unspecified atom stereocenters. The molecule has 0 bridgehead atoms. The van der Waals surface area contributed by atoms with Crippen molar-refractivity contribution in [3.63, 3.8) is 0 Å². The number of carbonyl (C=O) groups excluding carboxylic acids is 2. The Bertz CT molecular complexity index is 967. The molecule has 2 aromatic rings. The minimum absolute atomic E-state index is 0.119. The van der Waals surface area contributed by atoms with Crippen molar-refractivity contribution >= 4 is 17.4 Å². The monoisotopic (exact) mass is 436 g/mol. The first-order valence-corrected chi connectivity index (χ1v) is 11.3. The van der Waals surface area contributed by atoms with Crippen molar-refractivity contribution < 1.29 is 19.4 Å². The highest BCUT2D eigenvalue weighted by atomic mass is 16.5. The zero-order valence-electron chi connectivity index (χ0n) is 19.1. The van der Waals surface area contributed by atoms with Crippen LogP contribution >= 0.6 is 0 Å². The van der Waals surface area contributed by atoms with E-state index in [1.165, 1.54) is 0 Å². The topological polar surface area (TPSA) is 70.1 Å². The quantitative estimate of drug-likeness (QED) is 0.343. The van der Waals surface area contributed by atoms with Crippen molar-refractivity contribution in [2.45, 2.75) is 33.2 Å². The highest BCUT2D eigenvalue weighted by Crippen LogP contribution is 2.39. The number of carbonyl (C=O) groups is 2. The minimum Gasteiger partial charge on any atom is -0.507 e. The van der Waals surface area contributed by atoms with Crippen molar-refractivity contribution in [3.8, 4) is 5.75 Å². The number of likely N-dealkylation sites (tertiary alicyclic amines) is 1. The summed E-state index contributed by atoms with van der Waals surface area (Å²) in [6.45, 7) is 9.50. The maximum absolute atomic E-state index is 13.1. The summed E-state index contributed by atoms with van der Waals surface area (Å²) in [7, 11) is 0. The van der Waals surface area contributed by atoms with Gasteiger partial charge in [-0.2, -0.15) is 0 Å². The molecule has 1 N–H and O–H groups in total. The van der Waals surface area contributed by atoms with Gasteiger partial charge >= 0.3 is 0 Å². The van der Waals surface area contributed by atoms with Crippen LogP contribution in [0.4, 0.5) is 0 Å². The summed E-state index contributed by atoms with van der Waals surface area (Å²) in [5.41, 5.74) is 1.38. The van der Waals surface area contributed by atoms with Crippen LogP contribution in [0.2, 0.25) is 0 Å². The molecule has 0 aromatic heterocycles. The fraction of sp³-hybridized carbons (Fsp3) is 0.385. The maximum atomic E-state index is 13.1. The van der Waals surface area contributed by atoms with Gasteiger partial charge in [-0.05, 0) is 37.2 Å². The molecule has 32 heavy (non-hydrogen) atoms. The lowest BCUT2D eigenvalue weighted by Crippen LogP contribution is -2.38. The summed E-state index contributed by atoms with van der Waals surface area (Å²) in [5, 5.41) is 11.2. The van der Waals surface area contributed by atoms with Crippen LogP contribution < -0.4 is 4.74 Å². The zero-order chi connectivity index (χ0) is 23.1. The number of hydrogen-bond donors (Lipinski definition) is 1. The Labute approximate surface area is 190 Å². The molecule has 1 amide bonds. The predicted molar refractivity (Wildman–Crippen MR) is 125 cm³/mol. The third-order valence-corrected chi connectivity index (χ3v) is 5.79. The van der Waals surface area contributed by atoms with E-state index >= 15 is 0 Å². The van der Waals surface area contributed by atoms with Gasteiger partial charge < -0.3 is 19.6 Å². The van der Waals surface area contributed by atoms with E-state index in [1.54, 1.807) is 23.1 Å². The van der Waals surface area contributed by atoms with E-state index < -0.39 is 17.7 Å². The van der Waals surface area contributed by atoms with Gasteiger partial charge in [0, 0.05) is 18.7 Å². The summed E-state index contributed by atoms with van der Waals surface area (Å²) < 4.78 is 5.68. The second-order valence-electron chi connectivity index (χ2n) is 7.81. The lowest BCUT2D eigenvalue weighted by Gasteiger charge is -2.28. The van der Waals surface area contributed by atoms with Crippen molar-refractivity contribution in [1.82, 2.24) is 9.80 Å². The maximum Gasteiger partial charge on any atom is 0.295 e. The summed E-state index contributed by atoms with van der Waals surface area (Å²) in [6, 6.07) is 15.8.